The molecule has 0 aromatic heterocycles. The third kappa shape index (κ3) is 4.27. The Balaban J connectivity index is 1.98. The van der Waals surface area contributed by atoms with Crippen LogP contribution in [0.15, 0.2) is 48.5 Å². The van der Waals surface area contributed by atoms with E-state index >= 15 is 0 Å². The van der Waals surface area contributed by atoms with Crippen molar-refractivity contribution >= 4 is 23.0 Å². The lowest BCUT2D eigenvalue weighted by molar-refractivity contribution is -0.385. The zero-order valence-electron chi connectivity index (χ0n) is 10.9. The summed E-state index contributed by atoms with van der Waals surface area (Å²) in [7, 11) is 0. The van der Waals surface area contributed by atoms with E-state index in [1.54, 1.807) is 12.1 Å². The number of carbonyl (C=O) groups is 1. The minimum Gasteiger partial charge on any atom is -0.376 e. The van der Waals surface area contributed by atoms with Crippen LogP contribution in [0.2, 0.25) is 0 Å². The fraction of sp³-hybridized carbons (Fsp3) is 0.0714. The van der Waals surface area contributed by atoms with Crippen molar-refractivity contribution in [2.24, 2.45) is 0 Å². The number of amides is 1. The third-order valence-corrected chi connectivity index (χ3v) is 2.60. The highest BCUT2D eigenvalue weighted by molar-refractivity contribution is 5.94. The number of nitro groups is 1. The molecule has 0 atom stereocenters. The second-order valence-corrected chi connectivity index (χ2v) is 4.22. The molecular formula is C14H12FN3O3. The van der Waals surface area contributed by atoms with Crippen LogP contribution in [0.1, 0.15) is 0 Å². The number of nitro benzene ring substituents is 1. The lowest BCUT2D eigenvalue weighted by atomic mass is 10.2. The van der Waals surface area contributed by atoms with Gasteiger partial charge in [0.05, 0.1) is 23.2 Å². The molecule has 108 valence electrons. The molecule has 0 saturated carbocycles. The van der Waals surface area contributed by atoms with E-state index in [0.29, 0.717) is 0 Å². The average molecular weight is 289 g/mol. The maximum absolute atomic E-state index is 13.2. The number of carbonyl (C=O) groups excluding carboxylic acids is 1. The first kappa shape index (κ1) is 14.4. The molecule has 6 nitrogen and oxygen atoms in total. The summed E-state index contributed by atoms with van der Waals surface area (Å²) in [4.78, 5) is 21.6. The van der Waals surface area contributed by atoms with Crippen molar-refractivity contribution in [1.29, 1.82) is 0 Å². The quantitative estimate of drug-likeness (QED) is 0.654. The molecule has 0 unspecified atom stereocenters. The van der Waals surface area contributed by atoms with E-state index in [1.807, 2.05) is 18.2 Å². The SMILES string of the molecule is O=C(CNc1ccccc1)Nc1cc(F)cc([N+](=O)[O-])c1. The molecule has 0 radical (unpaired) electrons. The molecule has 7 heteroatoms. The highest BCUT2D eigenvalue weighted by atomic mass is 19.1. The molecule has 0 saturated heterocycles. The Morgan fingerprint density at radius 3 is 2.52 bits per heavy atom. The van der Waals surface area contributed by atoms with Gasteiger partial charge in [-0.2, -0.15) is 0 Å². The van der Waals surface area contributed by atoms with Crippen molar-refractivity contribution in [1.82, 2.24) is 0 Å². The summed E-state index contributed by atoms with van der Waals surface area (Å²) in [5.41, 5.74) is 0.390. The summed E-state index contributed by atoms with van der Waals surface area (Å²) < 4.78 is 13.2. The van der Waals surface area contributed by atoms with E-state index in [9.17, 15) is 19.3 Å². The summed E-state index contributed by atoms with van der Waals surface area (Å²) in [6.45, 7) is -0.0334. The first-order valence-electron chi connectivity index (χ1n) is 6.08. The Morgan fingerprint density at radius 1 is 1.14 bits per heavy atom. The van der Waals surface area contributed by atoms with Gasteiger partial charge in [-0.3, -0.25) is 14.9 Å². The van der Waals surface area contributed by atoms with Crippen molar-refractivity contribution in [3.63, 3.8) is 0 Å². The number of non-ortho nitro benzene ring substituents is 1. The van der Waals surface area contributed by atoms with E-state index < -0.39 is 22.3 Å². The number of hydrogen-bond acceptors (Lipinski definition) is 4. The second-order valence-electron chi connectivity index (χ2n) is 4.22. The topological polar surface area (TPSA) is 84.3 Å². The smallest absolute Gasteiger partial charge is 0.274 e. The number of nitrogens with one attached hydrogen (secondary N) is 2. The Morgan fingerprint density at radius 2 is 1.86 bits per heavy atom. The normalized spacial score (nSPS) is 9.95. The Bertz CT molecular complexity index is 662. The van der Waals surface area contributed by atoms with E-state index in [1.165, 1.54) is 0 Å². The molecule has 0 aliphatic rings. The van der Waals surface area contributed by atoms with Crippen LogP contribution in [-0.2, 0) is 4.79 Å². The fourth-order valence-electron chi connectivity index (χ4n) is 1.70. The number of rotatable bonds is 5. The minimum absolute atomic E-state index is 0.0334. The van der Waals surface area contributed by atoms with Gasteiger partial charge in [-0.25, -0.2) is 4.39 Å². The molecular weight excluding hydrogens is 277 g/mol. The van der Waals surface area contributed by atoms with Crippen LogP contribution < -0.4 is 10.6 Å². The van der Waals surface area contributed by atoms with E-state index in [4.69, 9.17) is 0 Å². The maximum atomic E-state index is 13.2. The first-order chi connectivity index (χ1) is 10.0. The monoisotopic (exact) mass is 289 g/mol. The van der Waals surface area contributed by atoms with Crippen molar-refractivity contribution in [2.45, 2.75) is 0 Å². The molecule has 2 aromatic carbocycles. The number of para-hydroxylation sites is 1. The summed E-state index contributed by atoms with van der Waals surface area (Å²) in [6.07, 6.45) is 0. The molecule has 0 heterocycles. The van der Waals surface area contributed by atoms with Gasteiger partial charge in [0, 0.05) is 11.8 Å². The van der Waals surface area contributed by atoms with Gasteiger partial charge in [0.1, 0.15) is 5.82 Å². The van der Waals surface area contributed by atoms with Crippen LogP contribution in [0.25, 0.3) is 0 Å². The summed E-state index contributed by atoms with van der Waals surface area (Å²) >= 11 is 0. The highest BCUT2D eigenvalue weighted by Crippen LogP contribution is 2.19. The number of benzene rings is 2. The van der Waals surface area contributed by atoms with Crippen LogP contribution in [0, 0.1) is 15.9 Å². The first-order valence-corrected chi connectivity index (χ1v) is 6.08. The third-order valence-electron chi connectivity index (χ3n) is 2.60. The molecule has 2 N–H and O–H groups in total. The van der Waals surface area contributed by atoms with Crippen molar-refractivity contribution < 1.29 is 14.1 Å². The number of halogens is 1. The lowest BCUT2D eigenvalue weighted by Gasteiger charge is -2.07. The molecule has 2 rings (SSSR count). The Labute approximate surface area is 119 Å². The van der Waals surface area contributed by atoms with Gasteiger partial charge in [0.25, 0.3) is 5.69 Å². The fourth-order valence-corrected chi connectivity index (χ4v) is 1.70. The maximum Gasteiger partial charge on any atom is 0.274 e. The van der Waals surface area contributed by atoms with Crippen LogP contribution in [0.3, 0.4) is 0 Å². The summed E-state index contributed by atoms with van der Waals surface area (Å²) in [5.74, 6) is -1.21. The molecule has 1 amide bonds. The van der Waals surface area contributed by atoms with Crippen LogP contribution >= 0.6 is 0 Å². The van der Waals surface area contributed by atoms with Crippen LogP contribution in [-0.4, -0.2) is 17.4 Å². The van der Waals surface area contributed by atoms with Crippen molar-refractivity contribution in [3.05, 3.63) is 64.5 Å². The number of hydrogen-bond donors (Lipinski definition) is 2. The largest absolute Gasteiger partial charge is 0.376 e. The van der Waals surface area contributed by atoms with Gasteiger partial charge in [-0.15, -0.1) is 0 Å². The molecule has 0 fully saturated rings. The summed E-state index contributed by atoms with van der Waals surface area (Å²) in [5, 5.41) is 15.9. The summed E-state index contributed by atoms with van der Waals surface area (Å²) in [6, 6.07) is 12.0. The predicted octanol–water partition coefficient (Wildman–Crippen LogP) is 2.78. The van der Waals surface area contributed by atoms with E-state index in [0.717, 1.165) is 23.9 Å². The van der Waals surface area contributed by atoms with Gasteiger partial charge in [-0.05, 0) is 18.2 Å². The van der Waals surface area contributed by atoms with E-state index in [-0.39, 0.29) is 12.2 Å². The van der Waals surface area contributed by atoms with E-state index in [2.05, 4.69) is 10.6 Å². The van der Waals surface area contributed by atoms with Gasteiger partial charge >= 0.3 is 0 Å². The molecule has 2 aromatic rings. The van der Waals surface area contributed by atoms with Crippen molar-refractivity contribution in [2.75, 3.05) is 17.2 Å². The minimum atomic E-state index is -0.782. The van der Waals surface area contributed by atoms with Gasteiger partial charge in [-0.1, -0.05) is 18.2 Å². The molecule has 0 aliphatic heterocycles. The Kier molecular flexibility index (Phi) is 4.45. The van der Waals surface area contributed by atoms with Gasteiger partial charge in [0.2, 0.25) is 5.91 Å². The molecule has 0 aliphatic carbocycles. The van der Waals surface area contributed by atoms with Crippen LogP contribution in [0.4, 0.5) is 21.5 Å². The lowest BCUT2D eigenvalue weighted by Crippen LogP contribution is -2.21. The zero-order valence-corrected chi connectivity index (χ0v) is 10.9. The Hall–Kier alpha value is -2.96. The van der Waals surface area contributed by atoms with Gasteiger partial charge in [0.15, 0.2) is 0 Å². The standard InChI is InChI=1S/C14H12FN3O3/c15-10-6-12(8-13(7-10)18(20)21)17-14(19)9-16-11-4-2-1-3-5-11/h1-8,16H,9H2,(H,17,19). The molecule has 21 heavy (non-hydrogen) atoms. The highest BCUT2D eigenvalue weighted by Gasteiger charge is 2.11. The average Bonchev–Trinajstić information content (AvgIpc) is 2.45. The second kappa shape index (κ2) is 6.47. The number of nitrogens with zero attached hydrogens (tertiary/aromatic N) is 1. The van der Waals surface area contributed by atoms with Crippen molar-refractivity contribution in [3.8, 4) is 0 Å². The molecule has 0 bridgehead atoms. The zero-order chi connectivity index (χ0) is 15.2. The number of anilines is 2. The predicted molar refractivity (Wildman–Crippen MR) is 76.6 cm³/mol. The van der Waals surface area contributed by atoms with Crippen LogP contribution in [0.5, 0.6) is 0 Å². The van der Waals surface area contributed by atoms with Gasteiger partial charge < -0.3 is 10.6 Å². The molecule has 0 spiro atoms.